The Morgan fingerprint density at radius 1 is 1.53 bits per heavy atom. The number of aryl methyl sites for hydroxylation is 1. The molecule has 1 unspecified atom stereocenters. The van der Waals surface area contributed by atoms with Crippen LogP contribution in [-0.2, 0) is 4.74 Å². The fourth-order valence-corrected chi connectivity index (χ4v) is 2.64. The second kappa shape index (κ2) is 4.24. The van der Waals surface area contributed by atoms with Crippen molar-refractivity contribution in [3.8, 4) is 0 Å². The number of rotatable bonds is 4. The van der Waals surface area contributed by atoms with Gasteiger partial charge in [-0.25, -0.2) is 0 Å². The zero-order valence-electron chi connectivity index (χ0n) is 9.67. The molecule has 1 fully saturated rings. The molecule has 1 aromatic heterocycles. The van der Waals surface area contributed by atoms with Crippen LogP contribution in [0.15, 0.2) is 12.1 Å². The molecule has 1 aliphatic rings. The number of ether oxygens (including phenoxy) is 1. The van der Waals surface area contributed by atoms with Gasteiger partial charge in [0.05, 0.1) is 13.2 Å². The molecule has 2 nitrogen and oxygen atoms in total. The van der Waals surface area contributed by atoms with Crippen molar-refractivity contribution in [2.75, 3.05) is 19.8 Å². The summed E-state index contributed by atoms with van der Waals surface area (Å²) in [5.74, 6) is 0. The summed E-state index contributed by atoms with van der Waals surface area (Å²) in [5, 5.41) is 3.59. The molecule has 1 aliphatic heterocycles. The zero-order chi connectivity index (χ0) is 10.9. The van der Waals surface area contributed by atoms with Crippen LogP contribution >= 0.6 is 11.3 Å². The summed E-state index contributed by atoms with van der Waals surface area (Å²) in [6.45, 7) is 9.50. The first-order chi connectivity index (χ1) is 7.09. The predicted octanol–water partition coefficient (Wildman–Crippen LogP) is 2.74. The first kappa shape index (κ1) is 11.1. The predicted molar refractivity (Wildman–Crippen MR) is 64.4 cm³/mol. The van der Waals surface area contributed by atoms with Crippen molar-refractivity contribution in [1.29, 1.82) is 0 Å². The van der Waals surface area contributed by atoms with Gasteiger partial charge in [0, 0.05) is 27.8 Å². The van der Waals surface area contributed by atoms with Gasteiger partial charge >= 0.3 is 0 Å². The van der Waals surface area contributed by atoms with E-state index in [1.165, 1.54) is 9.75 Å². The fraction of sp³-hybridized carbons (Fsp3) is 0.667. The molecule has 1 atom stereocenters. The van der Waals surface area contributed by atoms with Gasteiger partial charge < -0.3 is 10.1 Å². The van der Waals surface area contributed by atoms with Crippen molar-refractivity contribution in [3.05, 3.63) is 21.9 Å². The van der Waals surface area contributed by atoms with Crippen LogP contribution < -0.4 is 5.32 Å². The van der Waals surface area contributed by atoms with Crippen molar-refractivity contribution < 1.29 is 4.74 Å². The fourth-order valence-electron chi connectivity index (χ4n) is 1.74. The van der Waals surface area contributed by atoms with Crippen LogP contribution in [0.5, 0.6) is 0 Å². The Kier molecular flexibility index (Phi) is 3.14. The zero-order valence-corrected chi connectivity index (χ0v) is 10.5. The molecule has 2 rings (SSSR count). The van der Waals surface area contributed by atoms with Gasteiger partial charge in [0.1, 0.15) is 0 Å². The van der Waals surface area contributed by atoms with E-state index in [4.69, 9.17) is 4.74 Å². The van der Waals surface area contributed by atoms with Crippen molar-refractivity contribution in [1.82, 2.24) is 5.32 Å². The lowest BCUT2D eigenvalue weighted by Crippen LogP contribution is -2.47. The van der Waals surface area contributed by atoms with Crippen LogP contribution in [-0.4, -0.2) is 19.8 Å². The summed E-state index contributed by atoms with van der Waals surface area (Å²) >= 11 is 1.88. The molecule has 0 amide bonds. The average molecular weight is 225 g/mol. The van der Waals surface area contributed by atoms with E-state index >= 15 is 0 Å². The summed E-state index contributed by atoms with van der Waals surface area (Å²) in [6.07, 6.45) is 0. The largest absolute Gasteiger partial charge is 0.380 e. The van der Waals surface area contributed by atoms with E-state index in [9.17, 15) is 0 Å². The minimum atomic E-state index is 0.362. The van der Waals surface area contributed by atoms with Gasteiger partial charge in [0.2, 0.25) is 0 Å². The van der Waals surface area contributed by atoms with Crippen LogP contribution in [0.2, 0.25) is 0 Å². The quantitative estimate of drug-likeness (QED) is 0.850. The summed E-state index contributed by atoms with van der Waals surface area (Å²) < 4.78 is 5.24. The molecule has 3 heteroatoms. The van der Waals surface area contributed by atoms with Gasteiger partial charge in [-0.2, -0.15) is 0 Å². The Bertz CT molecular complexity index is 330. The molecule has 0 bridgehead atoms. The molecule has 1 aromatic rings. The molecular formula is C12H19NOS. The molecular weight excluding hydrogens is 206 g/mol. The van der Waals surface area contributed by atoms with Crippen molar-refractivity contribution >= 4 is 11.3 Å². The van der Waals surface area contributed by atoms with Gasteiger partial charge in [-0.05, 0) is 26.0 Å². The van der Waals surface area contributed by atoms with E-state index in [0.29, 0.717) is 11.5 Å². The van der Waals surface area contributed by atoms with Crippen molar-refractivity contribution in [2.45, 2.75) is 26.8 Å². The highest BCUT2D eigenvalue weighted by molar-refractivity contribution is 7.12. The van der Waals surface area contributed by atoms with Gasteiger partial charge in [-0.15, -0.1) is 11.3 Å². The number of hydrogen-bond donors (Lipinski definition) is 1. The Hall–Kier alpha value is -0.380. The summed E-state index contributed by atoms with van der Waals surface area (Å²) in [5.41, 5.74) is 0.362. The minimum Gasteiger partial charge on any atom is -0.380 e. The molecule has 0 spiro atoms. The highest BCUT2D eigenvalue weighted by Gasteiger charge is 2.33. The minimum absolute atomic E-state index is 0.362. The third-order valence-electron chi connectivity index (χ3n) is 2.92. The second-order valence-electron chi connectivity index (χ2n) is 4.85. The van der Waals surface area contributed by atoms with Gasteiger partial charge in [-0.3, -0.25) is 0 Å². The Morgan fingerprint density at radius 2 is 2.27 bits per heavy atom. The molecule has 0 aromatic carbocycles. The lowest BCUT2D eigenvalue weighted by molar-refractivity contribution is -0.0998. The third-order valence-corrected chi connectivity index (χ3v) is 4.11. The summed E-state index contributed by atoms with van der Waals surface area (Å²) in [6, 6.07) is 4.87. The molecule has 0 saturated carbocycles. The molecule has 15 heavy (non-hydrogen) atoms. The first-order valence-electron chi connectivity index (χ1n) is 5.47. The molecule has 1 N–H and O–H groups in total. The molecule has 2 heterocycles. The van der Waals surface area contributed by atoms with Crippen molar-refractivity contribution in [2.24, 2.45) is 5.41 Å². The smallest absolute Gasteiger partial charge is 0.0554 e. The van der Waals surface area contributed by atoms with E-state index in [1.807, 2.05) is 11.3 Å². The van der Waals surface area contributed by atoms with Crippen LogP contribution in [0.3, 0.4) is 0 Å². The van der Waals surface area contributed by atoms with E-state index in [1.54, 1.807) is 0 Å². The third kappa shape index (κ3) is 2.60. The second-order valence-corrected chi connectivity index (χ2v) is 6.17. The summed E-state index contributed by atoms with van der Waals surface area (Å²) in [7, 11) is 0. The van der Waals surface area contributed by atoms with Crippen LogP contribution in [0, 0.1) is 12.3 Å². The topological polar surface area (TPSA) is 21.3 Å². The van der Waals surface area contributed by atoms with Crippen LogP contribution in [0.1, 0.15) is 29.6 Å². The Labute approximate surface area is 95.6 Å². The van der Waals surface area contributed by atoms with Gasteiger partial charge in [0.15, 0.2) is 0 Å². The highest BCUT2D eigenvalue weighted by Crippen LogP contribution is 2.27. The molecule has 0 radical (unpaired) electrons. The molecule has 1 saturated heterocycles. The number of nitrogens with one attached hydrogen (secondary N) is 1. The van der Waals surface area contributed by atoms with Gasteiger partial charge in [-0.1, -0.05) is 6.92 Å². The lowest BCUT2D eigenvalue weighted by atomic mass is 9.88. The average Bonchev–Trinajstić information content (AvgIpc) is 2.58. The maximum atomic E-state index is 5.24. The van der Waals surface area contributed by atoms with Crippen LogP contribution in [0.25, 0.3) is 0 Å². The van der Waals surface area contributed by atoms with Gasteiger partial charge in [0.25, 0.3) is 0 Å². The first-order valence-corrected chi connectivity index (χ1v) is 6.28. The number of thiophene rings is 1. The molecule has 84 valence electrons. The standard InChI is InChI=1S/C12H19NOS/c1-9-4-5-11(15-9)10(2)13-6-12(3)7-14-8-12/h4-5,10,13H,6-8H2,1-3H3. The number of hydrogen-bond acceptors (Lipinski definition) is 3. The molecule has 0 aliphatic carbocycles. The Balaban J connectivity index is 1.84. The normalized spacial score (nSPS) is 21.0. The van der Waals surface area contributed by atoms with E-state index in [0.717, 1.165) is 19.8 Å². The SMILES string of the molecule is Cc1ccc(C(C)NCC2(C)COC2)s1. The monoisotopic (exact) mass is 225 g/mol. The maximum Gasteiger partial charge on any atom is 0.0554 e. The van der Waals surface area contributed by atoms with Crippen LogP contribution in [0.4, 0.5) is 0 Å². The maximum absolute atomic E-state index is 5.24. The van der Waals surface area contributed by atoms with E-state index in [-0.39, 0.29) is 0 Å². The van der Waals surface area contributed by atoms with E-state index < -0.39 is 0 Å². The van der Waals surface area contributed by atoms with E-state index in [2.05, 4.69) is 38.2 Å². The lowest BCUT2D eigenvalue weighted by Gasteiger charge is -2.38. The Morgan fingerprint density at radius 3 is 2.73 bits per heavy atom. The van der Waals surface area contributed by atoms with Crippen molar-refractivity contribution in [3.63, 3.8) is 0 Å². The highest BCUT2D eigenvalue weighted by atomic mass is 32.1. The summed E-state index contributed by atoms with van der Waals surface area (Å²) in [4.78, 5) is 2.81.